The maximum Gasteiger partial charge on any atom is 0.220 e. The van der Waals surface area contributed by atoms with Crippen molar-refractivity contribution in [2.45, 2.75) is 314 Å². The van der Waals surface area contributed by atoms with Crippen molar-refractivity contribution in [3.8, 4) is 0 Å². The fourth-order valence-electron chi connectivity index (χ4n) is 9.13. The molecule has 0 bridgehead atoms. The van der Waals surface area contributed by atoms with Gasteiger partial charge in [0.1, 0.15) is 24.4 Å². The molecule has 394 valence electrons. The van der Waals surface area contributed by atoms with Crippen molar-refractivity contribution in [1.29, 1.82) is 0 Å². The van der Waals surface area contributed by atoms with Gasteiger partial charge in [0.25, 0.3) is 0 Å². The summed E-state index contributed by atoms with van der Waals surface area (Å²) in [5.41, 5.74) is 0. The minimum absolute atomic E-state index is 0.187. The van der Waals surface area contributed by atoms with Crippen molar-refractivity contribution in [2.75, 3.05) is 13.2 Å². The van der Waals surface area contributed by atoms with E-state index in [1.165, 1.54) is 199 Å². The molecule has 1 aliphatic heterocycles. The van der Waals surface area contributed by atoms with Crippen LogP contribution in [-0.2, 0) is 14.3 Å². The van der Waals surface area contributed by atoms with E-state index in [9.17, 15) is 30.3 Å². The molecule has 1 heterocycles. The third kappa shape index (κ3) is 37.9. The fraction of sp³-hybridized carbons (Fsp3) is 0.879. The summed E-state index contributed by atoms with van der Waals surface area (Å²) in [6.45, 7) is 3.76. The smallest absolute Gasteiger partial charge is 0.220 e. The summed E-state index contributed by atoms with van der Waals surface area (Å²) in [7, 11) is 0. The quantitative estimate of drug-likeness (QED) is 0.0261. The SMILES string of the molecule is CCCCCCC/C=C/CC/C=C/CC/C=C/C(O)C(COC1OC(CO)C(O)C(O)C1O)NC(=O)CCCCCCCCCCCCCCCCCCCCCCCCCCCCCCC. The highest BCUT2D eigenvalue weighted by Gasteiger charge is 2.44. The van der Waals surface area contributed by atoms with Gasteiger partial charge in [-0.05, 0) is 44.9 Å². The van der Waals surface area contributed by atoms with E-state index in [-0.39, 0.29) is 12.5 Å². The van der Waals surface area contributed by atoms with Gasteiger partial charge >= 0.3 is 0 Å². The number of nitrogens with one attached hydrogen (secondary N) is 1. The van der Waals surface area contributed by atoms with E-state index in [0.29, 0.717) is 6.42 Å². The first-order valence-electron chi connectivity index (χ1n) is 28.7. The summed E-state index contributed by atoms with van der Waals surface area (Å²) < 4.78 is 11.2. The van der Waals surface area contributed by atoms with Crippen LogP contribution in [0.2, 0.25) is 0 Å². The normalized spacial score (nSPS) is 19.9. The molecule has 0 aromatic carbocycles. The van der Waals surface area contributed by atoms with E-state index in [1.807, 2.05) is 6.08 Å². The molecule has 7 atom stereocenters. The minimum atomic E-state index is -1.57. The van der Waals surface area contributed by atoms with Crippen LogP contribution in [0.15, 0.2) is 36.5 Å². The van der Waals surface area contributed by atoms with Crippen LogP contribution < -0.4 is 5.32 Å². The fourth-order valence-corrected chi connectivity index (χ4v) is 9.13. The van der Waals surface area contributed by atoms with Gasteiger partial charge in [-0.2, -0.15) is 0 Å². The van der Waals surface area contributed by atoms with Crippen molar-refractivity contribution in [3.63, 3.8) is 0 Å². The summed E-state index contributed by atoms with van der Waals surface area (Å²) in [4.78, 5) is 13.0. The van der Waals surface area contributed by atoms with Gasteiger partial charge in [0.2, 0.25) is 5.91 Å². The number of amides is 1. The van der Waals surface area contributed by atoms with E-state index in [4.69, 9.17) is 9.47 Å². The topological polar surface area (TPSA) is 149 Å². The third-order valence-corrected chi connectivity index (χ3v) is 13.7. The summed E-state index contributed by atoms with van der Waals surface area (Å²) in [5, 5.41) is 54.4. The molecular formula is C58H109NO8. The molecule has 6 N–H and O–H groups in total. The van der Waals surface area contributed by atoms with Gasteiger partial charge in [0.05, 0.1) is 25.4 Å². The number of unbranched alkanes of at least 4 members (excludes halogenated alkanes) is 35. The highest BCUT2D eigenvalue weighted by atomic mass is 16.7. The number of aliphatic hydroxyl groups is 5. The lowest BCUT2D eigenvalue weighted by Crippen LogP contribution is -2.60. The number of hydrogen-bond acceptors (Lipinski definition) is 8. The van der Waals surface area contributed by atoms with Crippen molar-refractivity contribution < 1.29 is 39.8 Å². The Morgan fingerprint density at radius 1 is 0.493 bits per heavy atom. The molecule has 9 nitrogen and oxygen atoms in total. The number of carbonyl (C=O) groups excluding carboxylic acids is 1. The molecule has 67 heavy (non-hydrogen) atoms. The van der Waals surface area contributed by atoms with Crippen LogP contribution in [0.1, 0.15) is 271 Å². The second kappa shape index (κ2) is 48.1. The van der Waals surface area contributed by atoms with Gasteiger partial charge in [0.15, 0.2) is 6.29 Å². The van der Waals surface area contributed by atoms with E-state index >= 15 is 0 Å². The Bertz CT molecular complexity index is 1150. The number of ether oxygens (including phenoxy) is 2. The highest BCUT2D eigenvalue weighted by molar-refractivity contribution is 5.76. The van der Waals surface area contributed by atoms with Crippen LogP contribution in [-0.4, -0.2) is 87.5 Å². The molecule has 1 saturated heterocycles. The van der Waals surface area contributed by atoms with Gasteiger partial charge in [-0.1, -0.05) is 256 Å². The molecule has 0 aromatic heterocycles. The van der Waals surface area contributed by atoms with Crippen molar-refractivity contribution in [2.24, 2.45) is 0 Å². The first-order chi connectivity index (χ1) is 32.8. The molecule has 9 heteroatoms. The number of aliphatic hydroxyl groups excluding tert-OH is 5. The number of hydrogen-bond donors (Lipinski definition) is 6. The zero-order chi connectivity index (χ0) is 48.7. The first kappa shape index (κ1) is 63.4. The van der Waals surface area contributed by atoms with E-state index in [0.717, 1.165) is 51.4 Å². The third-order valence-electron chi connectivity index (χ3n) is 13.7. The molecule has 1 amide bonds. The first-order valence-corrected chi connectivity index (χ1v) is 28.7. The average molecular weight is 949 g/mol. The van der Waals surface area contributed by atoms with E-state index in [1.54, 1.807) is 6.08 Å². The molecule has 0 aromatic rings. The Labute approximate surface area is 412 Å². The monoisotopic (exact) mass is 948 g/mol. The number of carbonyl (C=O) groups is 1. The number of allylic oxidation sites excluding steroid dienone is 5. The van der Waals surface area contributed by atoms with Gasteiger partial charge in [-0.25, -0.2) is 0 Å². The van der Waals surface area contributed by atoms with Gasteiger partial charge in [-0.15, -0.1) is 0 Å². The van der Waals surface area contributed by atoms with Crippen LogP contribution in [0.4, 0.5) is 0 Å². The van der Waals surface area contributed by atoms with Crippen molar-refractivity contribution in [3.05, 3.63) is 36.5 Å². The lowest BCUT2D eigenvalue weighted by atomic mass is 9.99. The lowest BCUT2D eigenvalue weighted by molar-refractivity contribution is -0.302. The standard InChI is InChI=1S/C58H109NO8/c1-3-5-7-9-11-13-15-17-19-20-21-22-23-24-25-26-27-28-29-30-31-32-34-36-38-40-42-44-46-48-54(62)59-51(50-66-58-57(65)56(64)55(63)53(49-60)67-58)52(61)47-45-43-41-39-37-35-33-18-16-14-12-10-8-6-4-2/h16,18,37,39,45,47,51-53,55-58,60-61,63-65H,3-15,17,19-36,38,40-44,46,48-50H2,1-2H3,(H,59,62)/b18-16+,39-37+,47-45+. The van der Waals surface area contributed by atoms with Crippen LogP contribution >= 0.6 is 0 Å². The average Bonchev–Trinajstić information content (AvgIpc) is 3.33. The molecule has 0 spiro atoms. The maximum atomic E-state index is 13.0. The Hall–Kier alpha value is -1.59. The zero-order valence-corrected chi connectivity index (χ0v) is 43.7. The zero-order valence-electron chi connectivity index (χ0n) is 43.7. The maximum absolute atomic E-state index is 13.0. The second-order valence-electron chi connectivity index (χ2n) is 20.1. The molecule has 0 saturated carbocycles. The van der Waals surface area contributed by atoms with Crippen molar-refractivity contribution >= 4 is 5.91 Å². The van der Waals surface area contributed by atoms with E-state index in [2.05, 4.69) is 43.5 Å². The highest BCUT2D eigenvalue weighted by Crippen LogP contribution is 2.23. The predicted molar refractivity (Wildman–Crippen MR) is 281 cm³/mol. The predicted octanol–water partition coefficient (Wildman–Crippen LogP) is 14.0. The molecular weight excluding hydrogens is 839 g/mol. The minimum Gasteiger partial charge on any atom is -0.394 e. The second-order valence-corrected chi connectivity index (χ2v) is 20.1. The van der Waals surface area contributed by atoms with Gasteiger partial charge in [0, 0.05) is 6.42 Å². The van der Waals surface area contributed by atoms with Crippen LogP contribution in [0.5, 0.6) is 0 Å². The molecule has 1 rings (SSSR count). The lowest BCUT2D eigenvalue weighted by Gasteiger charge is -2.40. The summed E-state index contributed by atoms with van der Waals surface area (Å²) >= 11 is 0. The molecule has 7 unspecified atom stereocenters. The summed E-state index contributed by atoms with van der Waals surface area (Å²) in [6, 6.07) is -0.825. The summed E-state index contributed by atoms with van der Waals surface area (Å²) in [6.07, 6.45) is 55.1. The Morgan fingerprint density at radius 2 is 0.851 bits per heavy atom. The van der Waals surface area contributed by atoms with Crippen LogP contribution in [0.25, 0.3) is 0 Å². The Balaban J connectivity index is 2.17. The largest absolute Gasteiger partial charge is 0.394 e. The van der Waals surface area contributed by atoms with Gasteiger partial charge in [-0.3, -0.25) is 4.79 Å². The van der Waals surface area contributed by atoms with Gasteiger partial charge < -0.3 is 40.3 Å². The molecule has 1 fully saturated rings. The molecule has 0 radical (unpaired) electrons. The summed E-state index contributed by atoms with van der Waals surface area (Å²) in [5.74, 6) is -0.187. The number of rotatable bonds is 49. The Kier molecular flexibility index (Phi) is 45.5. The van der Waals surface area contributed by atoms with Crippen LogP contribution in [0.3, 0.4) is 0 Å². The Morgan fingerprint density at radius 3 is 1.25 bits per heavy atom. The van der Waals surface area contributed by atoms with Crippen LogP contribution in [0, 0.1) is 0 Å². The van der Waals surface area contributed by atoms with Crippen molar-refractivity contribution in [1.82, 2.24) is 5.32 Å². The molecule has 0 aliphatic carbocycles. The van der Waals surface area contributed by atoms with E-state index < -0.39 is 49.5 Å². The molecule has 1 aliphatic rings.